The van der Waals surface area contributed by atoms with Crippen molar-refractivity contribution in [3.63, 3.8) is 0 Å². The van der Waals surface area contributed by atoms with Crippen molar-refractivity contribution < 1.29 is 13.6 Å². The van der Waals surface area contributed by atoms with Gasteiger partial charge in [0.05, 0.1) is 12.8 Å². The van der Waals surface area contributed by atoms with Crippen LogP contribution in [0, 0.1) is 0 Å². The predicted molar refractivity (Wildman–Crippen MR) is 84.8 cm³/mol. The van der Waals surface area contributed by atoms with Gasteiger partial charge in [0, 0.05) is 0 Å². The predicted octanol–water partition coefficient (Wildman–Crippen LogP) is 5.61. The third-order valence-corrected chi connectivity index (χ3v) is 4.97. The summed E-state index contributed by atoms with van der Waals surface area (Å²) in [7, 11) is -3.04. The second-order valence-electron chi connectivity index (χ2n) is 5.31. The molecule has 1 aromatic carbocycles. The summed E-state index contributed by atoms with van der Waals surface area (Å²) < 4.78 is 24.2. The van der Waals surface area contributed by atoms with Crippen LogP contribution in [0.15, 0.2) is 24.3 Å². The lowest BCUT2D eigenvalue weighted by molar-refractivity contribution is 0.263. The van der Waals surface area contributed by atoms with Crippen LogP contribution >= 0.6 is 7.60 Å². The number of rotatable bonds is 9. The third kappa shape index (κ3) is 5.30. The second-order valence-corrected chi connectivity index (χ2v) is 7.41. The zero-order chi connectivity index (χ0) is 15.0. The molecule has 0 amide bonds. The highest BCUT2D eigenvalue weighted by Gasteiger charge is 2.26. The van der Waals surface area contributed by atoms with E-state index in [2.05, 4.69) is 20.8 Å². The first-order valence-electron chi connectivity index (χ1n) is 7.54. The molecular formula is C16H27O3P. The molecule has 0 heterocycles. The second kappa shape index (κ2) is 8.49. The van der Waals surface area contributed by atoms with Crippen molar-refractivity contribution >= 4 is 7.60 Å². The number of unbranched alkanes of at least 4 members (excludes halogenated alkanes) is 1. The molecule has 0 bridgehead atoms. The molecule has 0 spiro atoms. The van der Waals surface area contributed by atoms with E-state index in [1.807, 2.05) is 31.2 Å². The van der Waals surface area contributed by atoms with E-state index in [9.17, 15) is 4.57 Å². The molecule has 114 valence electrons. The molecule has 3 nitrogen and oxygen atoms in total. The summed E-state index contributed by atoms with van der Waals surface area (Å²) in [4.78, 5) is 0. The average molecular weight is 298 g/mol. The topological polar surface area (TPSA) is 35.5 Å². The van der Waals surface area contributed by atoms with Crippen LogP contribution in [0.1, 0.15) is 58.4 Å². The molecule has 1 rings (SSSR count). The normalized spacial score (nSPS) is 14.2. The number of benzene rings is 1. The number of para-hydroxylation sites is 1. The molecule has 0 saturated heterocycles. The van der Waals surface area contributed by atoms with Crippen molar-refractivity contribution in [3.05, 3.63) is 29.8 Å². The molecule has 1 aromatic rings. The molecule has 1 unspecified atom stereocenters. The lowest BCUT2D eigenvalue weighted by Crippen LogP contribution is -2.05. The first-order valence-corrected chi connectivity index (χ1v) is 9.27. The molecule has 0 fully saturated rings. The first-order chi connectivity index (χ1) is 9.52. The number of hydrogen-bond acceptors (Lipinski definition) is 3. The van der Waals surface area contributed by atoms with Crippen LogP contribution in [-0.4, -0.2) is 12.8 Å². The number of hydrogen-bond donors (Lipinski definition) is 0. The van der Waals surface area contributed by atoms with Crippen molar-refractivity contribution in [2.24, 2.45) is 0 Å². The van der Waals surface area contributed by atoms with Crippen LogP contribution in [0.25, 0.3) is 0 Å². The SMILES string of the molecule is CCCCP(=O)(OCCC)Oc1ccccc1C(C)C. The Morgan fingerprint density at radius 2 is 1.85 bits per heavy atom. The summed E-state index contributed by atoms with van der Waals surface area (Å²) >= 11 is 0. The highest BCUT2D eigenvalue weighted by atomic mass is 31.2. The average Bonchev–Trinajstić information content (AvgIpc) is 2.43. The molecule has 4 heteroatoms. The summed E-state index contributed by atoms with van der Waals surface area (Å²) in [6.45, 7) is 8.77. The van der Waals surface area contributed by atoms with Gasteiger partial charge in [-0.3, -0.25) is 4.52 Å². The maximum atomic E-state index is 12.8. The Hall–Kier alpha value is -0.790. The van der Waals surface area contributed by atoms with Crippen LogP contribution in [0.2, 0.25) is 0 Å². The molecule has 0 aliphatic carbocycles. The fourth-order valence-corrected chi connectivity index (χ4v) is 3.81. The maximum Gasteiger partial charge on any atom is 0.379 e. The van der Waals surface area contributed by atoms with Gasteiger partial charge in [-0.2, -0.15) is 0 Å². The zero-order valence-corrected chi connectivity index (χ0v) is 14.0. The molecule has 0 aromatic heterocycles. The van der Waals surface area contributed by atoms with E-state index in [4.69, 9.17) is 9.05 Å². The highest BCUT2D eigenvalue weighted by molar-refractivity contribution is 7.54. The van der Waals surface area contributed by atoms with E-state index in [-0.39, 0.29) is 0 Å². The summed E-state index contributed by atoms with van der Waals surface area (Å²) in [5, 5.41) is 0. The van der Waals surface area contributed by atoms with Crippen molar-refractivity contribution in [2.75, 3.05) is 12.8 Å². The van der Waals surface area contributed by atoms with E-state index < -0.39 is 7.60 Å². The van der Waals surface area contributed by atoms with Gasteiger partial charge in [-0.25, -0.2) is 4.57 Å². The zero-order valence-electron chi connectivity index (χ0n) is 13.1. The van der Waals surface area contributed by atoms with Gasteiger partial charge in [-0.1, -0.05) is 52.3 Å². The van der Waals surface area contributed by atoms with Gasteiger partial charge >= 0.3 is 7.60 Å². The molecule has 20 heavy (non-hydrogen) atoms. The van der Waals surface area contributed by atoms with Crippen LogP contribution in [0.5, 0.6) is 5.75 Å². The minimum absolute atomic E-state index is 0.331. The fraction of sp³-hybridized carbons (Fsp3) is 0.625. The van der Waals surface area contributed by atoms with Crippen LogP contribution in [-0.2, 0) is 9.09 Å². The molecule has 1 atom stereocenters. The Morgan fingerprint density at radius 1 is 1.15 bits per heavy atom. The highest BCUT2D eigenvalue weighted by Crippen LogP contribution is 2.50. The minimum Gasteiger partial charge on any atom is -0.424 e. The Morgan fingerprint density at radius 3 is 2.45 bits per heavy atom. The van der Waals surface area contributed by atoms with Gasteiger partial charge in [-0.05, 0) is 30.4 Å². The summed E-state index contributed by atoms with van der Waals surface area (Å²) in [5.41, 5.74) is 1.07. The molecule has 0 aliphatic heterocycles. The van der Waals surface area contributed by atoms with Gasteiger partial charge in [0.15, 0.2) is 0 Å². The lowest BCUT2D eigenvalue weighted by Gasteiger charge is -2.21. The van der Waals surface area contributed by atoms with Gasteiger partial charge in [0.1, 0.15) is 5.75 Å². The van der Waals surface area contributed by atoms with Gasteiger partial charge in [0.25, 0.3) is 0 Å². The van der Waals surface area contributed by atoms with E-state index in [0.717, 1.165) is 24.8 Å². The maximum absolute atomic E-state index is 12.8. The molecule has 0 saturated carbocycles. The van der Waals surface area contributed by atoms with Crippen LogP contribution < -0.4 is 4.52 Å². The standard InChI is InChI=1S/C16H27O3P/c1-5-7-13-20(17,18-12-6-2)19-16-11-9-8-10-15(16)14(3)4/h8-11,14H,5-7,12-13H2,1-4H3. The Balaban J connectivity index is 2.91. The van der Waals surface area contributed by atoms with Crippen LogP contribution in [0.4, 0.5) is 0 Å². The Kier molecular flexibility index (Phi) is 7.32. The quantitative estimate of drug-likeness (QED) is 0.556. The van der Waals surface area contributed by atoms with Crippen molar-refractivity contribution in [2.45, 2.75) is 52.9 Å². The minimum atomic E-state index is -3.04. The van der Waals surface area contributed by atoms with Crippen molar-refractivity contribution in [3.8, 4) is 5.75 Å². The largest absolute Gasteiger partial charge is 0.424 e. The van der Waals surface area contributed by atoms with Crippen molar-refractivity contribution in [1.82, 2.24) is 0 Å². The summed E-state index contributed by atoms with van der Waals surface area (Å²) in [6, 6.07) is 7.78. The fourth-order valence-electron chi connectivity index (χ4n) is 1.91. The molecule has 0 N–H and O–H groups in total. The van der Waals surface area contributed by atoms with E-state index in [0.29, 0.717) is 24.4 Å². The van der Waals surface area contributed by atoms with E-state index >= 15 is 0 Å². The summed E-state index contributed by atoms with van der Waals surface area (Å²) in [5.74, 6) is 1.02. The van der Waals surface area contributed by atoms with Gasteiger partial charge < -0.3 is 4.52 Å². The van der Waals surface area contributed by atoms with Gasteiger partial charge in [-0.15, -0.1) is 0 Å². The first kappa shape index (κ1) is 17.3. The van der Waals surface area contributed by atoms with Gasteiger partial charge in [0.2, 0.25) is 0 Å². The smallest absolute Gasteiger partial charge is 0.379 e. The van der Waals surface area contributed by atoms with E-state index in [1.165, 1.54) is 0 Å². The lowest BCUT2D eigenvalue weighted by atomic mass is 10.0. The Bertz CT molecular complexity index is 431. The molecular weight excluding hydrogens is 271 g/mol. The molecule has 0 aliphatic rings. The van der Waals surface area contributed by atoms with Crippen LogP contribution in [0.3, 0.4) is 0 Å². The Labute approximate surface area is 123 Å². The van der Waals surface area contributed by atoms with E-state index in [1.54, 1.807) is 0 Å². The third-order valence-electron chi connectivity index (χ3n) is 3.06. The molecule has 0 radical (unpaired) electrons. The summed E-state index contributed by atoms with van der Waals surface area (Å²) in [6.07, 6.45) is 3.15. The van der Waals surface area contributed by atoms with Crippen molar-refractivity contribution in [1.29, 1.82) is 0 Å². The monoisotopic (exact) mass is 298 g/mol.